The van der Waals surface area contributed by atoms with Gasteiger partial charge in [-0.2, -0.15) is 0 Å². The van der Waals surface area contributed by atoms with Crippen LogP contribution in [0.2, 0.25) is 0 Å². The number of furan rings is 2. The van der Waals surface area contributed by atoms with E-state index in [1.54, 1.807) is 0 Å². The van der Waals surface area contributed by atoms with Crippen molar-refractivity contribution in [1.82, 2.24) is 0 Å². The van der Waals surface area contributed by atoms with Crippen molar-refractivity contribution in [3.05, 3.63) is 272 Å². The number of benzene rings is 13. The molecule has 0 radical (unpaired) electrons. The molecule has 79 heavy (non-hydrogen) atoms. The third-order valence-electron chi connectivity index (χ3n) is 16.3. The summed E-state index contributed by atoms with van der Waals surface area (Å²) in [5.74, 6) is 0. The van der Waals surface area contributed by atoms with Crippen LogP contribution < -0.4 is 9.80 Å². The van der Waals surface area contributed by atoms with Gasteiger partial charge in [-0.15, -0.1) is 0 Å². The second-order valence-electron chi connectivity index (χ2n) is 20.8. The summed E-state index contributed by atoms with van der Waals surface area (Å²) in [6.07, 6.45) is 8.08. The summed E-state index contributed by atoms with van der Waals surface area (Å²) in [7, 11) is 0. The Morgan fingerprint density at radius 3 is 1.59 bits per heavy atom. The first kappa shape index (κ1) is 46.2. The van der Waals surface area contributed by atoms with Gasteiger partial charge in [-0.25, -0.2) is 0 Å². The third kappa shape index (κ3) is 7.08. The predicted octanol–water partition coefficient (Wildman–Crippen LogP) is 22.1. The van der Waals surface area contributed by atoms with E-state index in [9.17, 15) is 0 Å². The molecular formula is C75H52N2O2. The van der Waals surface area contributed by atoms with Gasteiger partial charge in [0.05, 0.1) is 22.7 Å². The first-order valence-corrected chi connectivity index (χ1v) is 27.1. The summed E-state index contributed by atoms with van der Waals surface area (Å²) in [5.41, 5.74) is 16.2. The molecule has 0 atom stereocenters. The molecule has 0 aliphatic heterocycles. The first-order chi connectivity index (χ1) is 39.0. The third-order valence-corrected chi connectivity index (χ3v) is 16.3. The maximum atomic E-state index is 7.35. The SMILES string of the molecule is C=C/C=C\C(=C/C)c1cc2ccccc2c2c1oc1c(N(c3ccccc3)c3ccc4c(C)cc5c(N(c6ccccc6)c6cccc7c6oc6c(-c8ccccc8)cc8ccccc8c67)ccc6cc(C)c3c4c65)cccc12. The Kier molecular flexibility index (Phi) is 10.7. The molecule has 13 aromatic carbocycles. The van der Waals surface area contributed by atoms with Crippen LogP contribution in [0.1, 0.15) is 23.6 Å². The fourth-order valence-corrected chi connectivity index (χ4v) is 12.9. The molecule has 0 spiro atoms. The highest BCUT2D eigenvalue weighted by Gasteiger charge is 2.28. The molecule has 374 valence electrons. The van der Waals surface area contributed by atoms with E-state index < -0.39 is 0 Å². The molecule has 0 aliphatic carbocycles. The normalized spacial score (nSPS) is 12.3. The van der Waals surface area contributed by atoms with Crippen LogP contribution in [-0.4, -0.2) is 0 Å². The fourth-order valence-electron chi connectivity index (χ4n) is 12.9. The zero-order chi connectivity index (χ0) is 52.9. The lowest BCUT2D eigenvalue weighted by Gasteiger charge is -2.30. The smallest absolute Gasteiger partial charge is 0.159 e. The van der Waals surface area contributed by atoms with E-state index in [2.05, 4.69) is 274 Å². The Labute approximate surface area is 457 Å². The van der Waals surface area contributed by atoms with Gasteiger partial charge >= 0.3 is 0 Å². The van der Waals surface area contributed by atoms with Gasteiger partial charge in [0.15, 0.2) is 11.2 Å². The summed E-state index contributed by atoms with van der Waals surface area (Å²) in [5, 5.41) is 16.2. The van der Waals surface area contributed by atoms with Crippen molar-refractivity contribution in [2.45, 2.75) is 20.8 Å². The lowest BCUT2D eigenvalue weighted by atomic mass is 9.87. The van der Waals surface area contributed by atoms with E-state index in [1.165, 1.54) is 48.8 Å². The van der Waals surface area contributed by atoms with E-state index in [-0.39, 0.29) is 0 Å². The average molecular weight is 1010 g/mol. The Bertz CT molecular complexity index is 5000. The van der Waals surface area contributed by atoms with Gasteiger partial charge in [-0.3, -0.25) is 0 Å². The lowest BCUT2D eigenvalue weighted by Crippen LogP contribution is -2.12. The lowest BCUT2D eigenvalue weighted by molar-refractivity contribution is 0.668. The minimum atomic E-state index is 0.825. The zero-order valence-corrected chi connectivity index (χ0v) is 44.1. The molecule has 15 rings (SSSR count). The highest BCUT2D eigenvalue weighted by atomic mass is 16.3. The van der Waals surface area contributed by atoms with Crippen LogP contribution in [0, 0.1) is 13.8 Å². The van der Waals surface area contributed by atoms with E-state index in [1.807, 2.05) is 12.2 Å². The zero-order valence-electron chi connectivity index (χ0n) is 44.1. The molecule has 0 saturated carbocycles. The van der Waals surface area contributed by atoms with E-state index in [0.717, 1.165) is 116 Å². The Hall–Kier alpha value is -10.2. The number of fused-ring (bicyclic) bond motifs is 10. The average Bonchev–Trinajstić information content (AvgIpc) is 4.29. The minimum Gasteiger partial charge on any atom is -0.453 e. The van der Waals surface area contributed by atoms with Gasteiger partial charge in [0.2, 0.25) is 0 Å². The summed E-state index contributed by atoms with van der Waals surface area (Å²) in [6.45, 7) is 10.6. The molecule has 0 aliphatic rings. The molecule has 4 heteroatoms. The van der Waals surface area contributed by atoms with E-state index in [4.69, 9.17) is 8.83 Å². The number of para-hydroxylation sites is 4. The molecule has 15 aromatic rings. The van der Waals surface area contributed by atoms with Crippen LogP contribution in [0.4, 0.5) is 34.1 Å². The number of hydrogen-bond donors (Lipinski definition) is 0. The van der Waals surface area contributed by atoms with Crippen LogP contribution in [0.15, 0.2) is 264 Å². The van der Waals surface area contributed by atoms with Gasteiger partial charge in [0, 0.05) is 60.2 Å². The summed E-state index contributed by atoms with van der Waals surface area (Å²) >= 11 is 0. The molecular weight excluding hydrogens is 961 g/mol. The van der Waals surface area contributed by atoms with Gasteiger partial charge in [-0.1, -0.05) is 189 Å². The number of hydrogen-bond acceptors (Lipinski definition) is 4. The second-order valence-corrected chi connectivity index (χ2v) is 20.8. The maximum Gasteiger partial charge on any atom is 0.159 e. The Balaban J connectivity index is 0.997. The number of aryl methyl sites for hydroxylation is 2. The van der Waals surface area contributed by atoms with Crippen molar-refractivity contribution in [2.24, 2.45) is 0 Å². The molecule has 0 N–H and O–H groups in total. The molecule has 4 nitrogen and oxygen atoms in total. The van der Waals surface area contributed by atoms with Crippen molar-refractivity contribution < 1.29 is 8.83 Å². The van der Waals surface area contributed by atoms with Crippen LogP contribution in [-0.2, 0) is 0 Å². The highest BCUT2D eigenvalue weighted by Crippen LogP contribution is 2.53. The van der Waals surface area contributed by atoms with Gasteiger partial charge < -0.3 is 18.6 Å². The van der Waals surface area contributed by atoms with Crippen LogP contribution >= 0.6 is 0 Å². The molecule has 0 amide bonds. The minimum absolute atomic E-state index is 0.825. The van der Waals surface area contributed by atoms with Crippen molar-refractivity contribution in [3.8, 4) is 11.1 Å². The summed E-state index contributed by atoms with van der Waals surface area (Å²) < 4.78 is 14.7. The molecule has 0 saturated heterocycles. The first-order valence-electron chi connectivity index (χ1n) is 27.1. The maximum absolute atomic E-state index is 7.35. The van der Waals surface area contributed by atoms with E-state index >= 15 is 0 Å². The summed E-state index contributed by atoms with van der Waals surface area (Å²) in [6, 6.07) is 81.3. The van der Waals surface area contributed by atoms with Gasteiger partial charge in [0.25, 0.3) is 0 Å². The van der Waals surface area contributed by atoms with Crippen LogP contribution in [0.25, 0.3) is 114 Å². The predicted molar refractivity (Wildman–Crippen MR) is 337 cm³/mol. The Morgan fingerprint density at radius 2 is 0.949 bits per heavy atom. The largest absolute Gasteiger partial charge is 0.453 e. The van der Waals surface area contributed by atoms with E-state index in [0.29, 0.717) is 0 Å². The highest BCUT2D eigenvalue weighted by molar-refractivity contribution is 6.31. The summed E-state index contributed by atoms with van der Waals surface area (Å²) in [4.78, 5) is 4.83. The van der Waals surface area contributed by atoms with Crippen molar-refractivity contribution in [2.75, 3.05) is 9.80 Å². The van der Waals surface area contributed by atoms with Gasteiger partial charge in [-0.05, 0) is 147 Å². The molecule has 2 aromatic heterocycles. The van der Waals surface area contributed by atoms with Crippen LogP contribution in [0.5, 0.6) is 0 Å². The fraction of sp³-hybridized carbons (Fsp3) is 0.0400. The molecule has 2 heterocycles. The quantitative estimate of drug-likeness (QED) is 0.101. The monoisotopic (exact) mass is 1010 g/mol. The van der Waals surface area contributed by atoms with Crippen molar-refractivity contribution in [3.63, 3.8) is 0 Å². The number of rotatable bonds is 10. The number of allylic oxidation sites excluding steroid dienone is 5. The topological polar surface area (TPSA) is 32.8 Å². The molecule has 0 unspecified atom stereocenters. The van der Waals surface area contributed by atoms with Crippen molar-refractivity contribution in [1.29, 1.82) is 0 Å². The molecule has 0 fully saturated rings. The second kappa shape index (κ2) is 18.3. The van der Waals surface area contributed by atoms with Gasteiger partial charge in [0.1, 0.15) is 11.2 Å². The number of nitrogens with zero attached hydrogens (tertiary/aromatic N) is 2. The van der Waals surface area contributed by atoms with Crippen LogP contribution in [0.3, 0.4) is 0 Å². The Morgan fingerprint density at radius 1 is 0.392 bits per heavy atom. The number of anilines is 6. The molecule has 0 bridgehead atoms. The standard InChI is InChI=1S/C75H52N2O2/c1-5-7-23-48(6-2)60-44-50-26-17-19-32-56(50)69-58-35-22-37-66(73(58)78-74(60)69)77(54-30-15-10-16-31-54)64-41-39-55-46(3)43-62-63(40-38-52-42-47(4)67(64)71(55)68(52)62)76(53-28-13-9-14-29-53)65-36-21-34-59-70-57-33-20-18-27-51(57)45-61(75(70)79-72(59)65)49-24-11-8-12-25-49/h5-45H,1H2,2-4H3/b23-7-,48-6+. The van der Waals surface area contributed by atoms with Crippen molar-refractivity contribution >= 4 is 137 Å².